The molecule has 0 aliphatic carbocycles. The molecule has 0 saturated heterocycles. The highest BCUT2D eigenvalue weighted by molar-refractivity contribution is 5.48. The minimum absolute atomic E-state index is 0.0897. The number of nitrogens with zero attached hydrogens (tertiary/aromatic N) is 2. The van der Waals surface area contributed by atoms with Gasteiger partial charge in [0.15, 0.2) is 0 Å². The molecule has 5 nitrogen and oxygen atoms in total. The van der Waals surface area contributed by atoms with Gasteiger partial charge in [-0.25, -0.2) is 9.97 Å². The standard InChI is InChI=1S/C16H24N4O/c1-11(9-12-7-6-8-21-12)18-14-10-13(17-5)19-15(20-14)16(2,3)4/h6-8,10-11H,9H2,1-5H3,(H2,17,18,19,20). The topological polar surface area (TPSA) is 63.0 Å². The number of hydrogen-bond acceptors (Lipinski definition) is 5. The molecule has 0 aliphatic heterocycles. The molecule has 0 aromatic carbocycles. The van der Waals surface area contributed by atoms with Crippen LogP contribution in [0.5, 0.6) is 0 Å². The van der Waals surface area contributed by atoms with Crippen molar-refractivity contribution in [2.45, 2.75) is 45.6 Å². The lowest BCUT2D eigenvalue weighted by molar-refractivity contribution is 0.497. The van der Waals surface area contributed by atoms with Crippen LogP contribution >= 0.6 is 0 Å². The van der Waals surface area contributed by atoms with Crippen LogP contribution in [0.1, 0.15) is 39.3 Å². The van der Waals surface area contributed by atoms with Gasteiger partial charge in [0.1, 0.15) is 23.2 Å². The summed E-state index contributed by atoms with van der Waals surface area (Å²) >= 11 is 0. The Bertz CT molecular complexity index is 572. The van der Waals surface area contributed by atoms with E-state index in [1.54, 1.807) is 6.26 Å². The lowest BCUT2D eigenvalue weighted by Gasteiger charge is -2.20. The van der Waals surface area contributed by atoms with Gasteiger partial charge in [-0.05, 0) is 19.1 Å². The smallest absolute Gasteiger partial charge is 0.138 e. The Kier molecular flexibility index (Phi) is 4.50. The molecule has 114 valence electrons. The third-order valence-corrected chi connectivity index (χ3v) is 3.13. The van der Waals surface area contributed by atoms with E-state index in [0.717, 1.165) is 29.6 Å². The molecule has 0 fully saturated rings. The van der Waals surface area contributed by atoms with Crippen molar-refractivity contribution in [3.05, 3.63) is 36.0 Å². The Morgan fingerprint density at radius 1 is 1.24 bits per heavy atom. The first-order chi connectivity index (χ1) is 9.88. The zero-order valence-corrected chi connectivity index (χ0v) is 13.4. The van der Waals surface area contributed by atoms with E-state index >= 15 is 0 Å². The lowest BCUT2D eigenvalue weighted by atomic mass is 9.96. The third kappa shape index (κ3) is 4.21. The van der Waals surface area contributed by atoms with Crippen molar-refractivity contribution in [1.82, 2.24) is 9.97 Å². The van der Waals surface area contributed by atoms with Crippen molar-refractivity contribution in [2.75, 3.05) is 17.7 Å². The van der Waals surface area contributed by atoms with E-state index in [-0.39, 0.29) is 11.5 Å². The van der Waals surface area contributed by atoms with Crippen molar-refractivity contribution in [3.63, 3.8) is 0 Å². The zero-order chi connectivity index (χ0) is 15.5. The Balaban J connectivity index is 2.15. The minimum atomic E-state index is -0.0897. The average molecular weight is 288 g/mol. The molecule has 2 aromatic heterocycles. The largest absolute Gasteiger partial charge is 0.469 e. The second kappa shape index (κ2) is 6.16. The Labute approximate surface area is 126 Å². The van der Waals surface area contributed by atoms with Gasteiger partial charge in [-0.2, -0.15) is 0 Å². The molecule has 0 radical (unpaired) electrons. The number of rotatable bonds is 5. The third-order valence-electron chi connectivity index (χ3n) is 3.13. The summed E-state index contributed by atoms with van der Waals surface area (Å²) in [6.07, 6.45) is 2.51. The second-order valence-corrected chi connectivity index (χ2v) is 6.29. The maximum absolute atomic E-state index is 5.38. The van der Waals surface area contributed by atoms with Gasteiger partial charge in [-0.3, -0.25) is 0 Å². The average Bonchev–Trinajstić information content (AvgIpc) is 2.89. The molecule has 5 heteroatoms. The van der Waals surface area contributed by atoms with Crippen LogP contribution in [0.2, 0.25) is 0 Å². The number of anilines is 2. The van der Waals surface area contributed by atoms with E-state index in [4.69, 9.17) is 4.42 Å². The van der Waals surface area contributed by atoms with Gasteiger partial charge in [0, 0.05) is 31.0 Å². The highest BCUT2D eigenvalue weighted by Gasteiger charge is 2.19. The normalized spacial score (nSPS) is 13.0. The fraction of sp³-hybridized carbons (Fsp3) is 0.500. The van der Waals surface area contributed by atoms with Crippen molar-refractivity contribution < 1.29 is 4.42 Å². The molecule has 0 saturated carbocycles. The molecule has 1 unspecified atom stereocenters. The summed E-state index contributed by atoms with van der Waals surface area (Å²) in [4.78, 5) is 9.15. The van der Waals surface area contributed by atoms with Gasteiger partial charge in [-0.1, -0.05) is 20.8 Å². The molecule has 1 atom stereocenters. The molecular weight excluding hydrogens is 264 g/mol. The van der Waals surface area contributed by atoms with Crippen LogP contribution in [0.25, 0.3) is 0 Å². The summed E-state index contributed by atoms with van der Waals surface area (Å²) in [6, 6.07) is 6.04. The van der Waals surface area contributed by atoms with Crippen molar-refractivity contribution in [2.24, 2.45) is 0 Å². The summed E-state index contributed by atoms with van der Waals surface area (Å²) in [5, 5.41) is 6.51. The number of aromatic nitrogens is 2. The molecule has 0 bridgehead atoms. The number of hydrogen-bond donors (Lipinski definition) is 2. The molecule has 2 N–H and O–H groups in total. The van der Waals surface area contributed by atoms with E-state index in [9.17, 15) is 0 Å². The summed E-state index contributed by atoms with van der Waals surface area (Å²) in [5.74, 6) is 3.44. The van der Waals surface area contributed by atoms with E-state index in [0.29, 0.717) is 0 Å². The first kappa shape index (κ1) is 15.4. The zero-order valence-electron chi connectivity index (χ0n) is 13.4. The van der Waals surface area contributed by atoms with Crippen LogP contribution in [-0.2, 0) is 11.8 Å². The SMILES string of the molecule is CNc1cc(NC(C)Cc2ccco2)nc(C(C)(C)C)n1. The highest BCUT2D eigenvalue weighted by Crippen LogP contribution is 2.22. The van der Waals surface area contributed by atoms with Gasteiger partial charge in [0.25, 0.3) is 0 Å². The van der Waals surface area contributed by atoms with Crippen LogP contribution in [0.3, 0.4) is 0 Å². The molecule has 21 heavy (non-hydrogen) atoms. The van der Waals surface area contributed by atoms with Crippen molar-refractivity contribution in [3.8, 4) is 0 Å². The van der Waals surface area contributed by atoms with E-state index in [2.05, 4.69) is 48.3 Å². The molecule has 0 spiro atoms. The van der Waals surface area contributed by atoms with Gasteiger partial charge in [-0.15, -0.1) is 0 Å². The lowest BCUT2D eigenvalue weighted by Crippen LogP contribution is -2.22. The number of nitrogens with one attached hydrogen (secondary N) is 2. The van der Waals surface area contributed by atoms with E-state index < -0.39 is 0 Å². The van der Waals surface area contributed by atoms with Crippen LogP contribution in [0, 0.1) is 0 Å². The molecule has 0 aliphatic rings. The van der Waals surface area contributed by atoms with Crippen LogP contribution in [-0.4, -0.2) is 23.1 Å². The summed E-state index contributed by atoms with van der Waals surface area (Å²) in [7, 11) is 1.87. The minimum Gasteiger partial charge on any atom is -0.469 e. The van der Waals surface area contributed by atoms with E-state index in [1.807, 2.05) is 25.2 Å². The van der Waals surface area contributed by atoms with Gasteiger partial charge in [0.05, 0.1) is 6.26 Å². The monoisotopic (exact) mass is 288 g/mol. The Morgan fingerprint density at radius 2 is 1.95 bits per heavy atom. The summed E-state index contributed by atoms with van der Waals surface area (Å²) in [5.41, 5.74) is -0.0897. The van der Waals surface area contributed by atoms with Gasteiger partial charge >= 0.3 is 0 Å². The molecule has 2 aromatic rings. The van der Waals surface area contributed by atoms with Gasteiger partial charge < -0.3 is 15.1 Å². The Morgan fingerprint density at radius 3 is 2.52 bits per heavy atom. The fourth-order valence-corrected chi connectivity index (χ4v) is 2.02. The predicted molar refractivity (Wildman–Crippen MR) is 85.8 cm³/mol. The molecule has 0 amide bonds. The number of furan rings is 1. The maximum atomic E-state index is 5.38. The first-order valence-corrected chi connectivity index (χ1v) is 7.24. The maximum Gasteiger partial charge on any atom is 0.138 e. The Hall–Kier alpha value is -2.04. The van der Waals surface area contributed by atoms with E-state index in [1.165, 1.54) is 0 Å². The quantitative estimate of drug-likeness (QED) is 0.882. The first-order valence-electron chi connectivity index (χ1n) is 7.24. The van der Waals surface area contributed by atoms with Gasteiger partial charge in [0.2, 0.25) is 0 Å². The van der Waals surface area contributed by atoms with Crippen LogP contribution < -0.4 is 10.6 Å². The van der Waals surface area contributed by atoms with Crippen molar-refractivity contribution in [1.29, 1.82) is 0 Å². The highest BCUT2D eigenvalue weighted by atomic mass is 16.3. The summed E-state index contributed by atoms with van der Waals surface area (Å²) < 4.78 is 5.38. The predicted octanol–water partition coefficient (Wildman–Crippen LogP) is 3.45. The molecule has 2 rings (SSSR count). The fourth-order valence-electron chi connectivity index (χ4n) is 2.02. The van der Waals surface area contributed by atoms with Crippen LogP contribution in [0.15, 0.2) is 28.9 Å². The van der Waals surface area contributed by atoms with Crippen molar-refractivity contribution >= 4 is 11.6 Å². The molecular formula is C16H24N4O. The van der Waals surface area contributed by atoms with Crippen LogP contribution in [0.4, 0.5) is 11.6 Å². The molecule has 2 heterocycles. The second-order valence-electron chi connectivity index (χ2n) is 6.29. The summed E-state index contributed by atoms with van der Waals surface area (Å²) in [6.45, 7) is 8.44.